The van der Waals surface area contributed by atoms with E-state index >= 15 is 0 Å². The fourth-order valence-corrected chi connectivity index (χ4v) is 1.66. The average Bonchev–Trinajstić information content (AvgIpc) is 2.47. The first-order chi connectivity index (χ1) is 9.65. The zero-order valence-electron chi connectivity index (χ0n) is 11.2. The minimum Gasteiger partial charge on any atom is -0.334 e. The Kier molecular flexibility index (Phi) is 4.65. The lowest BCUT2D eigenvalue weighted by Gasteiger charge is -2.08. The van der Waals surface area contributed by atoms with Crippen LogP contribution < -0.4 is 10.6 Å². The molecule has 0 bridgehead atoms. The van der Waals surface area contributed by atoms with E-state index in [0.717, 1.165) is 11.3 Å². The fraction of sp³-hybridized carbons (Fsp3) is 0.200. The van der Waals surface area contributed by atoms with E-state index in [2.05, 4.69) is 15.6 Å². The summed E-state index contributed by atoms with van der Waals surface area (Å²) < 4.78 is 13.3. The molecule has 0 aliphatic rings. The van der Waals surface area contributed by atoms with Gasteiger partial charge in [0.05, 0.1) is 12.2 Å². The van der Waals surface area contributed by atoms with Gasteiger partial charge in [0.15, 0.2) is 0 Å². The monoisotopic (exact) mass is 273 g/mol. The third-order valence-corrected chi connectivity index (χ3v) is 2.85. The van der Waals surface area contributed by atoms with Crippen LogP contribution in [0.1, 0.15) is 16.8 Å². The van der Waals surface area contributed by atoms with E-state index in [1.54, 1.807) is 25.3 Å². The van der Waals surface area contributed by atoms with Crippen LogP contribution in [0.2, 0.25) is 0 Å². The quantitative estimate of drug-likeness (QED) is 0.899. The molecule has 2 aromatic rings. The van der Waals surface area contributed by atoms with Crippen molar-refractivity contribution in [3.63, 3.8) is 0 Å². The van der Waals surface area contributed by atoms with Gasteiger partial charge in [-0.1, -0.05) is 18.2 Å². The summed E-state index contributed by atoms with van der Waals surface area (Å²) in [7, 11) is 0. The van der Waals surface area contributed by atoms with Crippen LogP contribution in [0.25, 0.3) is 0 Å². The van der Waals surface area contributed by atoms with Crippen molar-refractivity contribution in [2.45, 2.75) is 20.0 Å². The number of aryl methyl sites for hydroxylation is 1. The molecule has 0 saturated heterocycles. The highest BCUT2D eigenvalue weighted by molar-refractivity contribution is 5.73. The Balaban J connectivity index is 1.79. The summed E-state index contributed by atoms with van der Waals surface area (Å²) in [4.78, 5) is 15.7. The number of pyridine rings is 1. The van der Waals surface area contributed by atoms with Gasteiger partial charge in [-0.2, -0.15) is 0 Å². The molecule has 5 heteroatoms. The molecule has 104 valence electrons. The van der Waals surface area contributed by atoms with E-state index in [9.17, 15) is 9.18 Å². The molecule has 4 nitrogen and oxygen atoms in total. The third-order valence-electron chi connectivity index (χ3n) is 2.85. The summed E-state index contributed by atoms with van der Waals surface area (Å²) in [6, 6.07) is 10.1. The zero-order chi connectivity index (χ0) is 14.4. The van der Waals surface area contributed by atoms with Crippen LogP contribution in [0.5, 0.6) is 0 Å². The summed E-state index contributed by atoms with van der Waals surface area (Å²) in [5.41, 5.74) is 2.10. The number of carbonyl (C=O) groups is 1. The van der Waals surface area contributed by atoms with Crippen LogP contribution in [-0.2, 0) is 13.1 Å². The van der Waals surface area contributed by atoms with Crippen molar-refractivity contribution in [1.82, 2.24) is 15.6 Å². The Labute approximate surface area is 117 Å². The van der Waals surface area contributed by atoms with Gasteiger partial charge in [-0.3, -0.25) is 4.98 Å². The number of nitrogens with zero attached hydrogens (tertiary/aromatic N) is 1. The highest BCUT2D eigenvalue weighted by Gasteiger charge is 2.03. The van der Waals surface area contributed by atoms with Crippen molar-refractivity contribution in [1.29, 1.82) is 0 Å². The molecule has 1 aromatic carbocycles. The fourth-order valence-electron chi connectivity index (χ4n) is 1.66. The second-order valence-corrected chi connectivity index (χ2v) is 4.44. The predicted octanol–water partition coefficient (Wildman–Crippen LogP) is 2.53. The summed E-state index contributed by atoms with van der Waals surface area (Å²) >= 11 is 0. The lowest BCUT2D eigenvalue weighted by atomic mass is 10.1. The summed E-state index contributed by atoms with van der Waals surface area (Å²) in [6.45, 7) is 2.34. The van der Waals surface area contributed by atoms with Crippen molar-refractivity contribution >= 4 is 6.03 Å². The van der Waals surface area contributed by atoms with E-state index in [1.165, 1.54) is 6.07 Å². The van der Waals surface area contributed by atoms with E-state index < -0.39 is 0 Å². The molecule has 1 aromatic heterocycles. The second kappa shape index (κ2) is 6.65. The molecule has 0 radical (unpaired) electrons. The lowest BCUT2D eigenvalue weighted by molar-refractivity contribution is 0.240. The van der Waals surface area contributed by atoms with Crippen LogP contribution in [0.3, 0.4) is 0 Å². The largest absolute Gasteiger partial charge is 0.334 e. The second-order valence-electron chi connectivity index (χ2n) is 4.44. The number of carbonyl (C=O) groups excluding carboxylic acids is 1. The number of halogens is 1. The molecule has 0 atom stereocenters. The van der Waals surface area contributed by atoms with E-state index in [-0.39, 0.29) is 18.4 Å². The first-order valence-electron chi connectivity index (χ1n) is 6.32. The van der Waals surface area contributed by atoms with E-state index in [4.69, 9.17) is 0 Å². The molecule has 0 spiro atoms. The third kappa shape index (κ3) is 4.05. The maximum Gasteiger partial charge on any atom is 0.315 e. The van der Waals surface area contributed by atoms with Gasteiger partial charge in [-0.25, -0.2) is 9.18 Å². The summed E-state index contributed by atoms with van der Waals surface area (Å²) in [5, 5.41) is 5.36. The van der Waals surface area contributed by atoms with Gasteiger partial charge in [0.1, 0.15) is 5.82 Å². The van der Waals surface area contributed by atoms with Gasteiger partial charge in [-0.15, -0.1) is 0 Å². The number of aromatic nitrogens is 1. The summed E-state index contributed by atoms with van der Waals surface area (Å²) in [6.07, 6.45) is 1.67. The number of hydrogen-bond acceptors (Lipinski definition) is 2. The number of benzene rings is 1. The molecule has 1 heterocycles. The number of amides is 2. The molecular weight excluding hydrogens is 257 g/mol. The maximum absolute atomic E-state index is 13.3. The smallest absolute Gasteiger partial charge is 0.315 e. The Bertz CT molecular complexity index is 587. The Morgan fingerprint density at radius 1 is 1.20 bits per heavy atom. The van der Waals surface area contributed by atoms with Gasteiger partial charge in [0.2, 0.25) is 0 Å². The molecule has 0 saturated carbocycles. The van der Waals surface area contributed by atoms with Gasteiger partial charge >= 0.3 is 6.03 Å². The lowest BCUT2D eigenvalue weighted by Crippen LogP contribution is -2.34. The minimum absolute atomic E-state index is 0.266. The van der Waals surface area contributed by atoms with Crippen molar-refractivity contribution in [2.24, 2.45) is 0 Å². The van der Waals surface area contributed by atoms with Gasteiger partial charge in [0.25, 0.3) is 0 Å². The highest BCUT2D eigenvalue weighted by atomic mass is 19.1. The predicted molar refractivity (Wildman–Crippen MR) is 74.4 cm³/mol. The minimum atomic E-state index is -0.309. The topological polar surface area (TPSA) is 54.0 Å². The van der Waals surface area contributed by atoms with Crippen molar-refractivity contribution in [2.75, 3.05) is 0 Å². The Morgan fingerprint density at radius 2 is 2.00 bits per heavy atom. The van der Waals surface area contributed by atoms with Crippen LogP contribution in [0.15, 0.2) is 42.6 Å². The maximum atomic E-state index is 13.3. The highest BCUT2D eigenvalue weighted by Crippen LogP contribution is 2.08. The molecule has 0 aliphatic heterocycles. The van der Waals surface area contributed by atoms with Crippen LogP contribution in [-0.4, -0.2) is 11.0 Å². The normalized spacial score (nSPS) is 10.1. The van der Waals surface area contributed by atoms with Crippen LogP contribution >= 0.6 is 0 Å². The molecule has 0 unspecified atom stereocenters. The van der Waals surface area contributed by atoms with Crippen molar-refractivity contribution in [3.05, 3.63) is 65.2 Å². The molecule has 2 amide bonds. The molecule has 2 N–H and O–H groups in total. The van der Waals surface area contributed by atoms with E-state index in [1.807, 2.05) is 18.2 Å². The van der Waals surface area contributed by atoms with Gasteiger partial charge < -0.3 is 10.6 Å². The zero-order valence-corrected chi connectivity index (χ0v) is 11.2. The molecule has 20 heavy (non-hydrogen) atoms. The Morgan fingerprint density at radius 3 is 2.70 bits per heavy atom. The number of urea groups is 1. The number of hydrogen-bond donors (Lipinski definition) is 2. The van der Waals surface area contributed by atoms with Gasteiger partial charge in [0, 0.05) is 12.7 Å². The number of nitrogens with one attached hydrogen (secondary N) is 2. The van der Waals surface area contributed by atoms with Crippen molar-refractivity contribution < 1.29 is 9.18 Å². The molecule has 2 rings (SSSR count). The van der Waals surface area contributed by atoms with Crippen LogP contribution in [0.4, 0.5) is 9.18 Å². The first-order valence-corrected chi connectivity index (χ1v) is 6.32. The molecular formula is C15H16FN3O. The van der Waals surface area contributed by atoms with Crippen LogP contribution in [0, 0.1) is 12.7 Å². The van der Waals surface area contributed by atoms with E-state index in [0.29, 0.717) is 12.1 Å². The standard InChI is InChI=1S/C15H16FN3O/c1-11-5-6-12(8-14(11)16)9-18-15(20)19-10-13-4-2-3-7-17-13/h2-8H,9-10H2,1H3,(H2,18,19,20). The van der Waals surface area contributed by atoms with Crippen molar-refractivity contribution in [3.8, 4) is 0 Å². The average molecular weight is 273 g/mol. The Hall–Kier alpha value is -2.43. The SMILES string of the molecule is Cc1ccc(CNC(=O)NCc2ccccn2)cc1F. The summed E-state index contributed by atoms with van der Waals surface area (Å²) in [5.74, 6) is -0.266. The molecule has 0 aliphatic carbocycles. The molecule has 0 fully saturated rings. The number of rotatable bonds is 4. The van der Waals surface area contributed by atoms with Gasteiger partial charge in [-0.05, 0) is 36.2 Å². The first kappa shape index (κ1) is 14.0.